The van der Waals surface area contributed by atoms with Crippen molar-refractivity contribution in [1.29, 1.82) is 0 Å². The van der Waals surface area contributed by atoms with Gasteiger partial charge in [-0.05, 0) is 49.9 Å². The fourth-order valence-electron chi connectivity index (χ4n) is 2.96. The van der Waals surface area contributed by atoms with Gasteiger partial charge in [0.2, 0.25) is 5.89 Å². The van der Waals surface area contributed by atoms with E-state index in [9.17, 15) is 4.39 Å². The fourth-order valence-corrected chi connectivity index (χ4v) is 2.96. The number of piperidine rings is 1. The minimum absolute atomic E-state index is 0. The van der Waals surface area contributed by atoms with Crippen LogP contribution in [0.5, 0.6) is 0 Å². The van der Waals surface area contributed by atoms with E-state index in [1.807, 2.05) is 12.1 Å². The largest absolute Gasteiger partial charge is 0.338 e. The minimum Gasteiger partial charge on any atom is -0.338 e. The van der Waals surface area contributed by atoms with E-state index >= 15 is 0 Å². The molecule has 0 aliphatic carbocycles. The van der Waals surface area contributed by atoms with Crippen LogP contribution in [0.1, 0.15) is 30.1 Å². The maximum absolute atomic E-state index is 13.7. The van der Waals surface area contributed by atoms with E-state index in [-0.39, 0.29) is 24.8 Å². The number of halogens is 2. The number of aromatic nitrogens is 2. The number of hydrogen-bond donors (Lipinski definition) is 1. The zero-order valence-electron chi connectivity index (χ0n) is 12.9. The topological polar surface area (TPSA) is 68.2 Å². The standard InChI is InChI=1S/C16H21FN4O.ClH/c17-14-4-2-1-3-13(14)9-12-5-7-21(8-6-12)11-15-19-16(10-18)22-20-15;/h1-4,12H,5-11,18H2;1H. The molecule has 2 aromatic rings. The maximum atomic E-state index is 13.7. The highest BCUT2D eigenvalue weighted by Crippen LogP contribution is 2.23. The van der Waals surface area contributed by atoms with E-state index in [1.54, 1.807) is 6.07 Å². The van der Waals surface area contributed by atoms with Gasteiger partial charge in [0, 0.05) is 0 Å². The van der Waals surface area contributed by atoms with E-state index in [1.165, 1.54) is 6.07 Å². The SMILES string of the molecule is Cl.NCc1nc(CN2CCC(Cc3ccccc3F)CC2)no1. The van der Waals surface area contributed by atoms with Gasteiger partial charge in [0.15, 0.2) is 5.82 Å². The van der Waals surface area contributed by atoms with Crippen molar-refractivity contribution in [2.24, 2.45) is 11.7 Å². The smallest absolute Gasteiger partial charge is 0.240 e. The van der Waals surface area contributed by atoms with E-state index in [0.29, 0.717) is 24.2 Å². The van der Waals surface area contributed by atoms with Crippen molar-refractivity contribution in [3.63, 3.8) is 0 Å². The number of nitrogens with zero attached hydrogens (tertiary/aromatic N) is 3. The van der Waals surface area contributed by atoms with Crippen molar-refractivity contribution in [2.75, 3.05) is 13.1 Å². The Morgan fingerprint density at radius 1 is 1.26 bits per heavy atom. The molecule has 0 spiro atoms. The van der Waals surface area contributed by atoms with E-state index in [4.69, 9.17) is 10.3 Å². The van der Waals surface area contributed by atoms with Crippen molar-refractivity contribution < 1.29 is 8.91 Å². The van der Waals surface area contributed by atoms with Gasteiger partial charge in [0.25, 0.3) is 0 Å². The van der Waals surface area contributed by atoms with Crippen LogP contribution in [0, 0.1) is 11.7 Å². The molecule has 0 unspecified atom stereocenters. The van der Waals surface area contributed by atoms with Crippen LogP contribution in [0.4, 0.5) is 4.39 Å². The molecule has 0 saturated carbocycles. The molecule has 23 heavy (non-hydrogen) atoms. The molecule has 1 aliphatic rings. The molecule has 0 bridgehead atoms. The van der Waals surface area contributed by atoms with Gasteiger partial charge in [0.1, 0.15) is 5.82 Å². The van der Waals surface area contributed by atoms with Crippen molar-refractivity contribution in [3.8, 4) is 0 Å². The average molecular weight is 341 g/mol. The van der Waals surface area contributed by atoms with Crippen molar-refractivity contribution in [1.82, 2.24) is 15.0 Å². The van der Waals surface area contributed by atoms with Gasteiger partial charge in [-0.3, -0.25) is 4.90 Å². The molecule has 126 valence electrons. The van der Waals surface area contributed by atoms with Gasteiger partial charge in [-0.25, -0.2) is 4.39 Å². The van der Waals surface area contributed by atoms with Crippen LogP contribution in [0.3, 0.4) is 0 Å². The predicted molar refractivity (Wildman–Crippen MR) is 87.5 cm³/mol. The first-order chi connectivity index (χ1) is 10.7. The Morgan fingerprint density at radius 3 is 2.65 bits per heavy atom. The van der Waals surface area contributed by atoms with Crippen molar-refractivity contribution >= 4 is 12.4 Å². The van der Waals surface area contributed by atoms with E-state index < -0.39 is 0 Å². The molecule has 5 nitrogen and oxygen atoms in total. The van der Waals surface area contributed by atoms with Gasteiger partial charge < -0.3 is 10.3 Å². The zero-order chi connectivity index (χ0) is 15.4. The first kappa shape index (κ1) is 17.8. The van der Waals surface area contributed by atoms with Crippen molar-refractivity contribution in [2.45, 2.75) is 32.4 Å². The Balaban J connectivity index is 0.00000192. The first-order valence-electron chi connectivity index (χ1n) is 7.72. The second-order valence-electron chi connectivity index (χ2n) is 5.82. The number of benzene rings is 1. The van der Waals surface area contributed by atoms with Crippen LogP contribution >= 0.6 is 12.4 Å². The average Bonchev–Trinajstić information content (AvgIpc) is 2.99. The third-order valence-corrected chi connectivity index (χ3v) is 4.22. The third kappa shape index (κ3) is 4.73. The Bertz CT molecular complexity index is 614. The van der Waals surface area contributed by atoms with Gasteiger partial charge in [-0.1, -0.05) is 23.4 Å². The highest BCUT2D eigenvalue weighted by Gasteiger charge is 2.21. The molecular formula is C16H22ClFN4O. The quantitative estimate of drug-likeness (QED) is 0.906. The van der Waals surface area contributed by atoms with Crippen molar-refractivity contribution in [3.05, 3.63) is 47.4 Å². The highest BCUT2D eigenvalue weighted by atomic mass is 35.5. The Kier molecular flexibility index (Phi) is 6.50. The number of likely N-dealkylation sites (tertiary alicyclic amines) is 1. The molecule has 7 heteroatoms. The normalized spacial score (nSPS) is 16.3. The third-order valence-electron chi connectivity index (χ3n) is 4.22. The molecular weight excluding hydrogens is 319 g/mol. The molecule has 1 saturated heterocycles. The molecule has 2 heterocycles. The number of nitrogens with two attached hydrogens (primary N) is 1. The van der Waals surface area contributed by atoms with Crippen LogP contribution < -0.4 is 5.73 Å². The molecule has 0 atom stereocenters. The molecule has 0 amide bonds. The molecule has 2 N–H and O–H groups in total. The summed E-state index contributed by atoms with van der Waals surface area (Å²) in [7, 11) is 0. The molecule has 1 fully saturated rings. The predicted octanol–water partition coefficient (Wildman–Crippen LogP) is 2.54. The van der Waals surface area contributed by atoms with Crippen LogP contribution in [-0.4, -0.2) is 28.1 Å². The minimum atomic E-state index is -0.0916. The van der Waals surface area contributed by atoms with Gasteiger partial charge in [-0.15, -0.1) is 12.4 Å². The van der Waals surface area contributed by atoms with Gasteiger partial charge in [-0.2, -0.15) is 4.98 Å². The fraction of sp³-hybridized carbons (Fsp3) is 0.500. The maximum Gasteiger partial charge on any atom is 0.240 e. The van der Waals surface area contributed by atoms with E-state index in [0.717, 1.165) is 37.9 Å². The summed E-state index contributed by atoms with van der Waals surface area (Å²) < 4.78 is 18.7. The summed E-state index contributed by atoms with van der Waals surface area (Å²) in [4.78, 5) is 6.54. The summed E-state index contributed by atoms with van der Waals surface area (Å²) in [5.74, 6) is 1.61. The van der Waals surface area contributed by atoms with Crippen LogP contribution in [0.15, 0.2) is 28.8 Å². The van der Waals surface area contributed by atoms with Crippen LogP contribution in [-0.2, 0) is 19.5 Å². The second-order valence-corrected chi connectivity index (χ2v) is 5.82. The first-order valence-corrected chi connectivity index (χ1v) is 7.72. The Labute approximate surface area is 141 Å². The van der Waals surface area contributed by atoms with Crippen LogP contribution in [0.2, 0.25) is 0 Å². The molecule has 1 aliphatic heterocycles. The zero-order valence-corrected chi connectivity index (χ0v) is 13.8. The highest BCUT2D eigenvalue weighted by molar-refractivity contribution is 5.85. The van der Waals surface area contributed by atoms with Gasteiger partial charge >= 0.3 is 0 Å². The lowest BCUT2D eigenvalue weighted by molar-refractivity contribution is 0.171. The summed E-state index contributed by atoms with van der Waals surface area (Å²) in [6, 6.07) is 7.06. The summed E-state index contributed by atoms with van der Waals surface area (Å²) in [5, 5.41) is 3.92. The molecule has 0 radical (unpaired) electrons. The summed E-state index contributed by atoms with van der Waals surface area (Å²) in [6.07, 6.45) is 2.95. The Morgan fingerprint density at radius 2 is 2.00 bits per heavy atom. The van der Waals surface area contributed by atoms with Gasteiger partial charge in [0.05, 0.1) is 13.1 Å². The van der Waals surface area contributed by atoms with E-state index in [2.05, 4.69) is 15.0 Å². The number of hydrogen-bond acceptors (Lipinski definition) is 5. The molecule has 1 aromatic carbocycles. The lowest BCUT2D eigenvalue weighted by Gasteiger charge is -2.31. The second kappa shape index (κ2) is 8.38. The summed E-state index contributed by atoms with van der Waals surface area (Å²) >= 11 is 0. The Hall–Kier alpha value is -1.50. The lowest BCUT2D eigenvalue weighted by Crippen LogP contribution is -2.34. The molecule has 1 aromatic heterocycles. The monoisotopic (exact) mass is 340 g/mol. The summed E-state index contributed by atoms with van der Waals surface area (Å²) in [5.41, 5.74) is 6.29. The summed E-state index contributed by atoms with van der Waals surface area (Å²) in [6.45, 7) is 2.92. The molecule has 3 rings (SSSR count). The lowest BCUT2D eigenvalue weighted by atomic mass is 9.90. The number of rotatable bonds is 5. The van der Waals surface area contributed by atoms with Crippen LogP contribution in [0.25, 0.3) is 0 Å².